The van der Waals surface area contributed by atoms with Gasteiger partial charge in [0.05, 0.1) is 0 Å². The average Bonchev–Trinajstić information content (AvgIpc) is 3.02. The van der Waals surface area contributed by atoms with Gasteiger partial charge in [-0.2, -0.15) is 11.8 Å². The van der Waals surface area contributed by atoms with Crippen molar-refractivity contribution in [2.24, 2.45) is 5.92 Å². The lowest BCUT2D eigenvalue weighted by Crippen LogP contribution is -2.56. The molecule has 2 unspecified atom stereocenters. The molecule has 0 radical (unpaired) electrons. The summed E-state index contributed by atoms with van der Waals surface area (Å²) in [6, 6.07) is 1.53. The maximum absolute atomic E-state index is 3.63. The number of piperazine rings is 1. The third-order valence-corrected chi connectivity index (χ3v) is 4.43. The number of hydrogen-bond acceptors (Lipinski definition) is 3. The molecule has 0 amide bonds. The fourth-order valence-electron chi connectivity index (χ4n) is 2.53. The van der Waals surface area contributed by atoms with Gasteiger partial charge < -0.3 is 5.32 Å². The van der Waals surface area contributed by atoms with Crippen LogP contribution in [0.4, 0.5) is 0 Å². The normalized spacial score (nSPS) is 33.2. The molecule has 2 atom stereocenters. The van der Waals surface area contributed by atoms with Gasteiger partial charge in [0.25, 0.3) is 0 Å². The molecular formula is C12H24N2S. The molecular weight excluding hydrogens is 204 g/mol. The van der Waals surface area contributed by atoms with Gasteiger partial charge in [-0.25, -0.2) is 0 Å². The smallest absolute Gasteiger partial charge is 0.0249 e. The van der Waals surface area contributed by atoms with Crippen LogP contribution in [0.1, 0.15) is 26.7 Å². The van der Waals surface area contributed by atoms with Crippen LogP contribution in [0, 0.1) is 5.92 Å². The summed E-state index contributed by atoms with van der Waals surface area (Å²) in [7, 11) is 0. The first-order valence-electron chi connectivity index (χ1n) is 6.36. The van der Waals surface area contributed by atoms with Crippen molar-refractivity contribution >= 4 is 11.8 Å². The van der Waals surface area contributed by atoms with E-state index >= 15 is 0 Å². The van der Waals surface area contributed by atoms with Crippen LogP contribution in [-0.2, 0) is 0 Å². The second-order valence-electron chi connectivity index (χ2n) is 4.91. The lowest BCUT2D eigenvalue weighted by molar-refractivity contribution is 0.128. The lowest BCUT2D eigenvalue weighted by atomic mass is 10.1. The third kappa shape index (κ3) is 3.36. The highest BCUT2D eigenvalue weighted by Crippen LogP contribution is 2.36. The Hall–Kier alpha value is 0.270. The highest BCUT2D eigenvalue weighted by molar-refractivity contribution is 7.99. The summed E-state index contributed by atoms with van der Waals surface area (Å²) >= 11 is 2.08. The molecule has 0 aromatic rings. The van der Waals surface area contributed by atoms with Gasteiger partial charge in [-0.15, -0.1) is 0 Å². The molecule has 2 aliphatic rings. The van der Waals surface area contributed by atoms with Crippen LogP contribution in [0.5, 0.6) is 0 Å². The molecule has 15 heavy (non-hydrogen) atoms. The lowest BCUT2D eigenvalue weighted by Gasteiger charge is -2.39. The van der Waals surface area contributed by atoms with E-state index in [-0.39, 0.29) is 0 Å². The van der Waals surface area contributed by atoms with Crippen molar-refractivity contribution < 1.29 is 0 Å². The van der Waals surface area contributed by atoms with E-state index in [0.717, 1.165) is 12.0 Å². The zero-order valence-electron chi connectivity index (χ0n) is 10.0. The molecule has 0 aromatic heterocycles. The van der Waals surface area contributed by atoms with E-state index in [1.807, 2.05) is 0 Å². The van der Waals surface area contributed by atoms with Crippen LogP contribution in [0.2, 0.25) is 0 Å². The van der Waals surface area contributed by atoms with Gasteiger partial charge >= 0.3 is 0 Å². The standard InChI is InChI=1S/C12H24N2S/c1-3-15-7-6-14-9-10(2)13-8-12(14)11-4-5-11/h10-13H,3-9H2,1-2H3. The van der Waals surface area contributed by atoms with Gasteiger partial charge in [0.2, 0.25) is 0 Å². The van der Waals surface area contributed by atoms with Gasteiger partial charge in [-0.05, 0) is 31.4 Å². The predicted octanol–water partition coefficient (Wildman–Crippen LogP) is 1.81. The summed E-state index contributed by atoms with van der Waals surface area (Å²) in [5, 5.41) is 3.63. The molecule has 2 nitrogen and oxygen atoms in total. The van der Waals surface area contributed by atoms with Gasteiger partial charge in [0.15, 0.2) is 0 Å². The van der Waals surface area contributed by atoms with E-state index in [0.29, 0.717) is 6.04 Å². The average molecular weight is 228 g/mol. The predicted molar refractivity (Wildman–Crippen MR) is 68.5 cm³/mol. The molecule has 2 fully saturated rings. The summed E-state index contributed by atoms with van der Waals surface area (Å²) in [6.45, 7) is 8.34. The first-order chi connectivity index (χ1) is 7.31. The van der Waals surface area contributed by atoms with Gasteiger partial charge in [0, 0.05) is 37.5 Å². The van der Waals surface area contributed by atoms with Crippen molar-refractivity contribution in [3.8, 4) is 0 Å². The SMILES string of the molecule is CCSCCN1CC(C)NCC1C1CC1. The van der Waals surface area contributed by atoms with Gasteiger partial charge in [-0.3, -0.25) is 4.90 Å². The highest BCUT2D eigenvalue weighted by Gasteiger charge is 2.37. The topological polar surface area (TPSA) is 15.3 Å². The molecule has 1 aliphatic carbocycles. The number of nitrogens with one attached hydrogen (secondary N) is 1. The minimum Gasteiger partial charge on any atom is -0.311 e. The molecule has 1 saturated carbocycles. The minimum absolute atomic E-state index is 0.687. The van der Waals surface area contributed by atoms with E-state index < -0.39 is 0 Å². The summed E-state index contributed by atoms with van der Waals surface area (Å²) in [5.41, 5.74) is 0. The van der Waals surface area contributed by atoms with Crippen molar-refractivity contribution in [2.45, 2.75) is 38.8 Å². The molecule has 1 heterocycles. The molecule has 88 valence electrons. The monoisotopic (exact) mass is 228 g/mol. The van der Waals surface area contributed by atoms with E-state index in [1.54, 1.807) is 0 Å². The fourth-order valence-corrected chi connectivity index (χ4v) is 3.18. The Labute approximate surface area is 98.2 Å². The summed E-state index contributed by atoms with van der Waals surface area (Å²) in [6.07, 6.45) is 2.94. The van der Waals surface area contributed by atoms with E-state index in [9.17, 15) is 0 Å². The summed E-state index contributed by atoms with van der Waals surface area (Å²) in [5.74, 6) is 3.58. The number of rotatable bonds is 5. The molecule has 1 aliphatic heterocycles. The molecule has 0 spiro atoms. The first kappa shape index (κ1) is 11.7. The largest absolute Gasteiger partial charge is 0.311 e. The van der Waals surface area contributed by atoms with Crippen LogP contribution in [0.3, 0.4) is 0 Å². The Morgan fingerprint density at radius 1 is 1.40 bits per heavy atom. The zero-order chi connectivity index (χ0) is 10.7. The summed E-state index contributed by atoms with van der Waals surface area (Å²) in [4.78, 5) is 2.74. The second kappa shape index (κ2) is 5.55. The Kier molecular flexibility index (Phi) is 4.35. The Balaban J connectivity index is 1.79. The van der Waals surface area contributed by atoms with Crippen molar-refractivity contribution in [3.63, 3.8) is 0 Å². The maximum atomic E-state index is 3.63. The Morgan fingerprint density at radius 3 is 2.87 bits per heavy atom. The molecule has 0 aromatic carbocycles. The van der Waals surface area contributed by atoms with Crippen LogP contribution in [-0.4, -0.2) is 48.1 Å². The van der Waals surface area contributed by atoms with E-state index in [2.05, 4.69) is 35.8 Å². The second-order valence-corrected chi connectivity index (χ2v) is 6.30. The van der Waals surface area contributed by atoms with Gasteiger partial charge in [-0.1, -0.05) is 6.92 Å². The molecule has 0 bridgehead atoms. The number of thioether (sulfide) groups is 1. The van der Waals surface area contributed by atoms with Crippen molar-refractivity contribution in [1.29, 1.82) is 0 Å². The van der Waals surface area contributed by atoms with Crippen LogP contribution in [0.25, 0.3) is 0 Å². The van der Waals surface area contributed by atoms with E-state index in [4.69, 9.17) is 0 Å². The zero-order valence-corrected chi connectivity index (χ0v) is 10.9. The highest BCUT2D eigenvalue weighted by atomic mass is 32.2. The number of hydrogen-bond donors (Lipinski definition) is 1. The number of nitrogens with zero attached hydrogens (tertiary/aromatic N) is 1. The minimum atomic E-state index is 0.687. The molecule has 1 saturated heterocycles. The van der Waals surface area contributed by atoms with Crippen molar-refractivity contribution in [2.75, 3.05) is 31.1 Å². The first-order valence-corrected chi connectivity index (χ1v) is 7.52. The molecule has 2 rings (SSSR count). The van der Waals surface area contributed by atoms with Crippen LogP contribution in [0.15, 0.2) is 0 Å². The van der Waals surface area contributed by atoms with Crippen molar-refractivity contribution in [3.05, 3.63) is 0 Å². The van der Waals surface area contributed by atoms with Crippen LogP contribution >= 0.6 is 11.8 Å². The quantitative estimate of drug-likeness (QED) is 0.723. The van der Waals surface area contributed by atoms with Crippen molar-refractivity contribution in [1.82, 2.24) is 10.2 Å². The molecule has 1 N–H and O–H groups in total. The van der Waals surface area contributed by atoms with E-state index in [1.165, 1.54) is 44.0 Å². The Morgan fingerprint density at radius 2 is 2.20 bits per heavy atom. The Bertz CT molecular complexity index is 194. The molecule has 3 heteroatoms. The third-order valence-electron chi connectivity index (χ3n) is 3.55. The fraction of sp³-hybridized carbons (Fsp3) is 1.00. The maximum Gasteiger partial charge on any atom is 0.0249 e. The summed E-state index contributed by atoms with van der Waals surface area (Å²) < 4.78 is 0. The van der Waals surface area contributed by atoms with Gasteiger partial charge in [0.1, 0.15) is 0 Å². The van der Waals surface area contributed by atoms with Crippen LogP contribution < -0.4 is 5.32 Å².